The number of nitrogens with one attached hydrogen (secondary N) is 2. The summed E-state index contributed by atoms with van der Waals surface area (Å²) in [6.07, 6.45) is 4.41. The van der Waals surface area contributed by atoms with Crippen molar-refractivity contribution in [3.05, 3.63) is 71.0 Å². The summed E-state index contributed by atoms with van der Waals surface area (Å²) in [7, 11) is 0. The first-order valence-corrected chi connectivity index (χ1v) is 9.52. The van der Waals surface area contributed by atoms with Crippen LogP contribution in [-0.4, -0.2) is 27.8 Å². The van der Waals surface area contributed by atoms with Gasteiger partial charge in [0.2, 0.25) is 5.91 Å². The van der Waals surface area contributed by atoms with Crippen LogP contribution in [-0.2, 0) is 17.8 Å². The Bertz CT molecular complexity index is 1190. The van der Waals surface area contributed by atoms with Crippen LogP contribution in [0.1, 0.15) is 22.8 Å². The van der Waals surface area contributed by atoms with E-state index in [0.29, 0.717) is 23.6 Å². The fourth-order valence-electron chi connectivity index (χ4n) is 3.56. The van der Waals surface area contributed by atoms with Crippen molar-refractivity contribution in [2.45, 2.75) is 19.9 Å². The number of hydrogen-bond donors (Lipinski definition) is 2. The molecule has 6 heteroatoms. The van der Waals surface area contributed by atoms with Gasteiger partial charge in [-0.05, 0) is 43.2 Å². The van der Waals surface area contributed by atoms with E-state index >= 15 is 0 Å². The van der Waals surface area contributed by atoms with Crippen molar-refractivity contribution < 1.29 is 9.59 Å². The van der Waals surface area contributed by atoms with Crippen molar-refractivity contribution in [3.63, 3.8) is 0 Å². The molecule has 0 unspecified atom stereocenters. The van der Waals surface area contributed by atoms with E-state index < -0.39 is 0 Å². The summed E-state index contributed by atoms with van der Waals surface area (Å²) in [4.78, 5) is 27.5. The average molecular weight is 394 g/mol. The van der Waals surface area contributed by atoms with Crippen molar-refractivity contribution in [1.29, 1.82) is 0 Å². The van der Waals surface area contributed by atoms with E-state index in [4.69, 9.17) is 11.6 Å². The maximum Gasteiger partial charge on any atom is 0.239 e. The van der Waals surface area contributed by atoms with Crippen LogP contribution in [0.4, 0.5) is 0 Å². The number of halogens is 1. The number of hydrogen-bond acceptors (Lipinski definition) is 2. The topological polar surface area (TPSA) is 66.9 Å². The van der Waals surface area contributed by atoms with Gasteiger partial charge in [-0.3, -0.25) is 9.59 Å². The SMILES string of the molecule is CC(=O)c1cn(CC(=O)NCCc2c[nH]c3ccc(Cl)cc23)c2ccccc12. The number of aromatic amines is 1. The van der Waals surface area contributed by atoms with Crippen molar-refractivity contribution >= 4 is 45.1 Å². The Kier molecular flexibility index (Phi) is 4.92. The molecule has 0 saturated carbocycles. The highest BCUT2D eigenvalue weighted by Gasteiger charge is 2.13. The van der Waals surface area contributed by atoms with Crippen molar-refractivity contribution in [3.8, 4) is 0 Å². The molecule has 2 aromatic heterocycles. The van der Waals surface area contributed by atoms with Gasteiger partial charge in [-0.1, -0.05) is 29.8 Å². The van der Waals surface area contributed by atoms with E-state index in [2.05, 4.69) is 10.3 Å². The number of rotatable bonds is 6. The molecule has 0 atom stereocenters. The number of benzene rings is 2. The number of Topliss-reactive ketones (excluding diaryl/α,β-unsaturated/α-hetero) is 1. The molecule has 2 heterocycles. The van der Waals surface area contributed by atoms with Crippen LogP contribution < -0.4 is 5.32 Å². The molecule has 0 fully saturated rings. The predicted molar refractivity (Wildman–Crippen MR) is 112 cm³/mol. The summed E-state index contributed by atoms with van der Waals surface area (Å²) < 4.78 is 1.83. The Balaban J connectivity index is 1.43. The summed E-state index contributed by atoms with van der Waals surface area (Å²) in [6, 6.07) is 13.4. The number of amides is 1. The van der Waals surface area contributed by atoms with E-state index in [9.17, 15) is 9.59 Å². The first-order valence-electron chi connectivity index (χ1n) is 9.14. The minimum Gasteiger partial charge on any atom is -0.361 e. The Labute approximate surface area is 167 Å². The molecule has 28 heavy (non-hydrogen) atoms. The molecule has 0 bridgehead atoms. The number of carbonyl (C=O) groups excluding carboxylic acids is 2. The van der Waals surface area contributed by atoms with Gasteiger partial charge in [0.05, 0.1) is 0 Å². The van der Waals surface area contributed by atoms with Crippen molar-refractivity contribution in [1.82, 2.24) is 14.9 Å². The van der Waals surface area contributed by atoms with Gasteiger partial charge in [0.15, 0.2) is 5.78 Å². The van der Waals surface area contributed by atoms with Gasteiger partial charge < -0.3 is 14.9 Å². The van der Waals surface area contributed by atoms with Crippen LogP contribution in [0.15, 0.2) is 54.9 Å². The molecular weight excluding hydrogens is 374 g/mol. The van der Waals surface area contributed by atoms with Gasteiger partial charge in [-0.25, -0.2) is 0 Å². The Morgan fingerprint density at radius 1 is 1.14 bits per heavy atom. The molecule has 4 aromatic rings. The Morgan fingerprint density at radius 3 is 2.79 bits per heavy atom. The molecule has 4 rings (SSSR count). The number of aromatic nitrogens is 2. The zero-order valence-electron chi connectivity index (χ0n) is 15.5. The van der Waals surface area contributed by atoms with Gasteiger partial charge in [-0.2, -0.15) is 0 Å². The fourth-order valence-corrected chi connectivity index (χ4v) is 3.73. The third kappa shape index (κ3) is 3.53. The lowest BCUT2D eigenvalue weighted by Gasteiger charge is -2.07. The van der Waals surface area contributed by atoms with Gasteiger partial charge >= 0.3 is 0 Å². The van der Waals surface area contributed by atoms with E-state index in [1.807, 2.05) is 53.2 Å². The Morgan fingerprint density at radius 2 is 1.96 bits per heavy atom. The summed E-state index contributed by atoms with van der Waals surface area (Å²) in [5.41, 5.74) is 3.66. The largest absolute Gasteiger partial charge is 0.361 e. The number of H-pyrrole nitrogens is 1. The molecule has 0 aliphatic rings. The zero-order chi connectivity index (χ0) is 19.7. The van der Waals surface area contributed by atoms with Crippen LogP contribution in [0.2, 0.25) is 5.02 Å². The molecule has 0 radical (unpaired) electrons. The van der Waals surface area contributed by atoms with Crippen LogP contribution in [0.5, 0.6) is 0 Å². The molecule has 0 saturated heterocycles. The second kappa shape index (κ2) is 7.52. The van der Waals surface area contributed by atoms with Gasteiger partial charge in [0.1, 0.15) is 6.54 Å². The summed E-state index contributed by atoms with van der Waals surface area (Å²) in [5, 5.41) is 5.60. The number of ketones is 1. The third-order valence-corrected chi connectivity index (χ3v) is 5.16. The lowest BCUT2D eigenvalue weighted by molar-refractivity contribution is -0.121. The Hall–Kier alpha value is -3.05. The van der Waals surface area contributed by atoms with Gasteiger partial charge in [0.25, 0.3) is 0 Å². The second-order valence-electron chi connectivity index (χ2n) is 6.85. The number of nitrogens with zero attached hydrogens (tertiary/aromatic N) is 1. The predicted octanol–water partition coefficient (Wildman–Crippen LogP) is 4.34. The van der Waals surface area contributed by atoms with Gasteiger partial charge in [-0.15, -0.1) is 0 Å². The van der Waals surface area contributed by atoms with E-state index in [0.717, 1.165) is 27.4 Å². The average Bonchev–Trinajstić information content (AvgIpc) is 3.24. The van der Waals surface area contributed by atoms with E-state index in [1.165, 1.54) is 0 Å². The molecule has 0 spiro atoms. The summed E-state index contributed by atoms with van der Waals surface area (Å²) in [5.74, 6) is -0.0953. The molecule has 5 nitrogen and oxygen atoms in total. The quantitative estimate of drug-likeness (QED) is 0.478. The number of fused-ring (bicyclic) bond motifs is 2. The highest BCUT2D eigenvalue weighted by atomic mass is 35.5. The molecule has 0 aliphatic heterocycles. The normalized spacial score (nSPS) is 11.2. The van der Waals surface area contributed by atoms with Crippen molar-refractivity contribution in [2.24, 2.45) is 0 Å². The number of carbonyl (C=O) groups is 2. The van der Waals surface area contributed by atoms with Crippen molar-refractivity contribution in [2.75, 3.05) is 6.54 Å². The van der Waals surface area contributed by atoms with Crippen LogP contribution in [0.25, 0.3) is 21.8 Å². The molecule has 142 valence electrons. The van der Waals surface area contributed by atoms with Crippen LogP contribution in [0, 0.1) is 0 Å². The fraction of sp³-hybridized carbons (Fsp3) is 0.182. The maximum absolute atomic E-state index is 12.4. The van der Waals surface area contributed by atoms with Crippen LogP contribution >= 0.6 is 11.6 Å². The lowest BCUT2D eigenvalue weighted by atomic mass is 10.1. The summed E-state index contributed by atoms with van der Waals surface area (Å²) in [6.45, 7) is 2.24. The van der Waals surface area contributed by atoms with E-state index in [1.54, 1.807) is 13.1 Å². The van der Waals surface area contributed by atoms with Gasteiger partial charge in [0, 0.05) is 51.3 Å². The molecule has 0 aliphatic carbocycles. The summed E-state index contributed by atoms with van der Waals surface area (Å²) >= 11 is 6.08. The molecule has 1 amide bonds. The first-order chi connectivity index (χ1) is 13.5. The highest BCUT2D eigenvalue weighted by molar-refractivity contribution is 6.31. The third-order valence-electron chi connectivity index (χ3n) is 4.93. The second-order valence-corrected chi connectivity index (χ2v) is 7.28. The maximum atomic E-state index is 12.4. The highest BCUT2D eigenvalue weighted by Crippen LogP contribution is 2.23. The monoisotopic (exact) mass is 393 g/mol. The minimum atomic E-state index is -0.0891. The number of para-hydroxylation sites is 1. The molecular formula is C22H20ClN3O2. The standard InChI is InChI=1S/C22H20ClN3O2/c1-14(27)19-12-26(21-5-3-2-4-17(19)21)13-22(28)24-9-8-15-11-25-20-7-6-16(23)10-18(15)20/h2-7,10-12,25H,8-9,13H2,1H3,(H,24,28). The van der Waals surface area contributed by atoms with Crippen LogP contribution in [0.3, 0.4) is 0 Å². The lowest BCUT2D eigenvalue weighted by Crippen LogP contribution is -2.29. The smallest absolute Gasteiger partial charge is 0.239 e. The first kappa shape index (κ1) is 18.3. The zero-order valence-corrected chi connectivity index (χ0v) is 16.2. The molecule has 2 aromatic carbocycles. The molecule has 2 N–H and O–H groups in total. The minimum absolute atomic E-state index is 0.00615. The van der Waals surface area contributed by atoms with E-state index in [-0.39, 0.29) is 18.2 Å².